The Kier molecular flexibility index (Phi) is 3.87. The van der Waals surface area contributed by atoms with Gasteiger partial charge in [-0.25, -0.2) is 4.79 Å². The van der Waals surface area contributed by atoms with E-state index in [0.717, 1.165) is 31.4 Å². The summed E-state index contributed by atoms with van der Waals surface area (Å²) in [4.78, 5) is 13.0. The predicted molar refractivity (Wildman–Crippen MR) is 124 cm³/mol. The Hall–Kier alpha value is -2.52. The van der Waals surface area contributed by atoms with Gasteiger partial charge in [0.25, 0.3) is 0 Å². The zero-order valence-corrected chi connectivity index (χ0v) is 18.4. The highest BCUT2D eigenvalue weighted by Crippen LogP contribution is 2.69. The van der Waals surface area contributed by atoms with Crippen molar-refractivity contribution in [3.05, 3.63) is 81.9 Å². The second-order valence-electron chi connectivity index (χ2n) is 9.97. The molecule has 2 bridgehead atoms. The number of fused-ring (bicyclic) bond motifs is 5. The molecule has 0 radical (unpaired) electrons. The lowest BCUT2D eigenvalue weighted by Crippen LogP contribution is -2.64. The summed E-state index contributed by atoms with van der Waals surface area (Å²) in [5.41, 5.74) is 5.08. The number of benzene rings is 2. The number of halogens is 1. The van der Waals surface area contributed by atoms with E-state index in [9.17, 15) is 9.90 Å². The molecule has 2 saturated carbocycles. The molecule has 4 heteroatoms. The topological polar surface area (TPSA) is 49.3 Å². The minimum atomic E-state index is -1.02. The van der Waals surface area contributed by atoms with Gasteiger partial charge in [-0.2, -0.15) is 0 Å². The molecule has 1 spiro atoms. The normalized spacial score (nSPS) is 34.8. The average Bonchev–Trinajstić information content (AvgIpc) is 3.29. The molecule has 4 aliphatic rings. The standard InChI is InChI=1S/C27H26ClNO2/c1-25-11-5-10-21(25)22-14-17-6-2-3-9-20(17)26(22)12-13-27(24(30)31,23(25)16-26)29-19-8-4-7-18(28)15-19/h2-4,6-10,14-15,23,29H,5,11-13,16H2,1H3,(H,30,31)/t23?,25?,26-,27+/m1/s1. The molecule has 0 aromatic heterocycles. The molecule has 4 atom stereocenters. The molecule has 3 nitrogen and oxygen atoms in total. The van der Waals surface area contributed by atoms with Crippen molar-refractivity contribution >= 4 is 29.3 Å². The Balaban J connectivity index is 1.53. The van der Waals surface area contributed by atoms with Crippen molar-refractivity contribution in [2.45, 2.75) is 50.0 Å². The van der Waals surface area contributed by atoms with Crippen molar-refractivity contribution in [2.75, 3.05) is 5.32 Å². The quantitative estimate of drug-likeness (QED) is 0.587. The molecule has 0 heterocycles. The summed E-state index contributed by atoms with van der Waals surface area (Å²) in [5.74, 6) is -0.763. The maximum absolute atomic E-state index is 13.0. The Morgan fingerprint density at radius 2 is 1.94 bits per heavy atom. The number of carboxylic acid groups (broad SMARTS) is 1. The summed E-state index contributed by atoms with van der Waals surface area (Å²) in [6.07, 6.45) is 9.08. The molecule has 2 N–H and O–H groups in total. The number of carbonyl (C=O) groups is 1. The number of allylic oxidation sites excluding steroid dienone is 3. The average molecular weight is 432 g/mol. The SMILES string of the molecule is CC12CCC=C1C1=Cc3ccccc3[C@]13CC[C@@](Nc1cccc(Cl)c1)(C(=O)O)C2C3. The van der Waals surface area contributed by atoms with Crippen LogP contribution >= 0.6 is 11.6 Å². The lowest BCUT2D eigenvalue weighted by atomic mass is 9.45. The van der Waals surface area contributed by atoms with Crippen LogP contribution in [0.1, 0.15) is 50.2 Å². The van der Waals surface area contributed by atoms with Gasteiger partial charge in [-0.05, 0) is 78.0 Å². The number of carboxylic acids is 1. The molecule has 158 valence electrons. The summed E-state index contributed by atoms with van der Waals surface area (Å²) in [6, 6.07) is 16.2. The first-order chi connectivity index (χ1) is 14.9. The smallest absolute Gasteiger partial charge is 0.329 e. The Bertz CT molecular complexity index is 1180. The number of hydrogen-bond acceptors (Lipinski definition) is 2. The van der Waals surface area contributed by atoms with Crippen molar-refractivity contribution in [1.29, 1.82) is 0 Å². The fourth-order valence-corrected chi connectivity index (χ4v) is 7.44. The highest BCUT2D eigenvalue weighted by molar-refractivity contribution is 6.30. The third-order valence-electron chi connectivity index (χ3n) is 8.65. The first-order valence-electron chi connectivity index (χ1n) is 11.2. The van der Waals surface area contributed by atoms with Crippen molar-refractivity contribution in [3.8, 4) is 0 Å². The summed E-state index contributed by atoms with van der Waals surface area (Å²) in [6.45, 7) is 2.30. The van der Waals surface area contributed by atoms with Gasteiger partial charge in [-0.1, -0.05) is 61.0 Å². The van der Waals surface area contributed by atoms with Crippen LogP contribution in [0.25, 0.3) is 6.08 Å². The molecule has 0 aliphatic heterocycles. The van der Waals surface area contributed by atoms with Gasteiger partial charge in [0.2, 0.25) is 0 Å². The van der Waals surface area contributed by atoms with Gasteiger partial charge in [0.15, 0.2) is 0 Å². The van der Waals surface area contributed by atoms with Gasteiger partial charge in [0, 0.05) is 22.0 Å². The summed E-state index contributed by atoms with van der Waals surface area (Å²) in [5, 5.41) is 14.8. The largest absolute Gasteiger partial charge is 0.479 e. The minimum absolute atomic E-state index is 0.0118. The van der Waals surface area contributed by atoms with E-state index in [-0.39, 0.29) is 16.7 Å². The van der Waals surface area contributed by atoms with Gasteiger partial charge in [0.05, 0.1) is 0 Å². The number of rotatable bonds is 3. The van der Waals surface area contributed by atoms with Gasteiger partial charge >= 0.3 is 5.97 Å². The summed E-state index contributed by atoms with van der Waals surface area (Å²) < 4.78 is 0. The molecule has 2 unspecified atom stereocenters. The van der Waals surface area contributed by atoms with E-state index >= 15 is 0 Å². The van der Waals surface area contributed by atoms with Crippen LogP contribution in [-0.4, -0.2) is 16.6 Å². The highest BCUT2D eigenvalue weighted by atomic mass is 35.5. The van der Waals surface area contributed by atoms with E-state index in [1.54, 1.807) is 0 Å². The fourth-order valence-electron chi connectivity index (χ4n) is 7.25. The highest BCUT2D eigenvalue weighted by Gasteiger charge is 2.66. The van der Waals surface area contributed by atoms with E-state index in [4.69, 9.17) is 11.6 Å². The first-order valence-corrected chi connectivity index (χ1v) is 11.6. The lowest BCUT2D eigenvalue weighted by molar-refractivity contribution is -0.149. The Labute approximate surface area is 187 Å². The van der Waals surface area contributed by atoms with Crippen molar-refractivity contribution in [3.63, 3.8) is 0 Å². The molecular weight excluding hydrogens is 406 g/mol. The van der Waals surface area contributed by atoms with Crippen LogP contribution < -0.4 is 5.32 Å². The molecule has 0 amide bonds. The van der Waals surface area contributed by atoms with Gasteiger partial charge in [-0.15, -0.1) is 0 Å². The minimum Gasteiger partial charge on any atom is -0.479 e. The molecule has 2 aromatic carbocycles. The van der Waals surface area contributed by atoms with Crippen molar-refractivity contribution in [1.82, 2.24) is 0 Å². The molecule has 4 aliphatic carbocycles. The van der Waals surface area contributed by atoms with Crippen LogP contribution in [-0.2, 0) is 10.2 Å². The third-order valence-corrected chi connectivity index (χ3v) is 8.88. The Morgan fingerprint density at radius 1 is 1.10 bits per heavy atom. The van der Waals surface area contributed by atoms with Crippen molar-refractivity contribution in [2.24, 2.45) is 11.3 Å². The van der Waals surface area contributed by atoms with E-state index in [2.05, 4.69) is 48.7 Å². The van der Waals surface area contributed by atoms with E-state index in [0.29, 0.717) is 11.4 Å². The van der Waals surface area contributed by atoms with E-state index in [1.807, 2.05) is 24.3 Å². The predicted octanol–water partition coefficient (Wildman–Crippen LogP) is 6.45. The second-order valence-corrected chi connectivity index (χ2v) is 10.4. The van der Waals surface area contributed by atoms with Gasteiger partial charge < -0.3 is 10.4 Å². The lowest BCUT2D eigenvalue weighted by Gasteiger charge is -2.60. The van der Waals surface area contributed by atoms with Crippen LogP contribution in [0, 0.1) is 11.3 Å². The fraction of sp³-hybridized carbons (Fsp3) is 0.370. The molecule has 2 fully saturated rings. The van der Waals surface area contributed by atoms with Crippen LogP contribution in [0.2, 0.25) is 5.02 Å². The molecule has 2 aromatic rings. The van der Waals surface area contributed by atoms with Gasteiger partial charge in [0.1, 0.15) is 5.54 Å². The molecular formula is C27H26ClNO2. The number of hydrogen-bond donors (Lipinski definition) is 2. The molecule has 0 saturated heterocycles. The number of nitrogens with one attached hydrogen (secondary N) is 1. The maximum atomic E-state index is 13.0. The molecule has 6 rings (SSSR count). The zero-order chi connectivity index (χ0) is 21.4. The third kappa shape index (κ3) is 2.39. The van der Waals surface area contributed by atoms with Crippen LogP contribution in [0.15, 0.2) is 65.8 Å². The summed E-state index contributed by atoms with van der Waals surface area (Å²) >= 11 is 6.23. The van der Waals surface area contributed by atoms with Crippen LogP contribution in [0.4, 0.5) is 5.69 Å². The van der Waals surface area contributed by atoms with Gasteiger partial charge in [-0.3, -0.25) is 0 Å². The Morgan fingerprint density at radius 3 is 2.74 bits per heavy atom. The number of aliphatic carboxylic acids is 1. The molecule has 31 heavy (non-hydrogen) atoms. The van der Waals surface area contributed by atoms with Crippen LogP contribution in [0.5, 0.6) is 0 Å². The summed E-state index contributed by atoms with van der Waals surface area (Å²) in [7, 11) is 0. The monoisotopic (exact) mass is 431 g/mol. The van der Waals surface area contributed by atoms with E-state index in [1.165, 1.54) is 22.3 Å². The number of anilines is 1. The zero-order valence-electron chi connectivity index (χ0n) is 17.6. The van der Waals surface area contributed by atoms with Crippen LogP contribution in [0.3, 0.4) is 0 Å². The second kappa shape index (κ2) is 6.26. The van der Waals surface area contributed by atoms with Crippen molar-refractivity contribution < 1.29 is 9.90 Å². The maximum Gasteiger partial charge on any atom is 0.329 e. The van der Waals surface area contributed by atoms with E-state index < -0.39 is 11.5 Å². The first kappa shape index (κ1) is 19.2.